The third-order valence-electron chi connectivity index (χ3n) is 3.71. The number of rotatable bonds is 6. The first-order valence-corrected chi connectivity index (χ1v) is 6.54. The minimum absolute atomic E-state index is 0.00463. The topological polar surface area (TPSA) is 38.5 Å². The van der Waals surface area contributed by atoms with Gasteiger partial charge in [0, 0.05) is 25.8 Å². The molecule has 1 fully saturated rings. The van der Waals surface area contributed by atoms with Crippen LogP contribution < -0.4 is 10.6 Å². The molecule has 0 heterocycles. The third kappa shape index (κ3) is 3.15. The molecule has 0 aliphatic heterocycles. The van der Waals surface area contributed by atoms with Crippen LogP contribution in [0.25, 0.3) is 0 Å². The van der Waals surface area contributed by atoms with Gasteiger partial charge in [-0.2, -0.15) is 0 Å². The Morgan fingerprint density at radius 3 is 2.68 bits per heavy atom. The molecule has 1 aromatic rings. The van der Waals surface area contributed by atoms with Gasteiger partial charge in [-0.15, -0.1) is 0 Å². The largest absolute Gasteiger partial charge is 0.395 e. The Kier molecular flexibility index (Phi) is 4.24. The van der Waals surface area contributed by atoms with Crippen molar-refractivity contribution < 1.29 is 13.5 Å². The van der Waals surface area contributed by atoms with Gasteiger partial charge < -0.3 is 15.4 Å². The van der Waals surface area contributed by atoms with Gasteiger partial charge in [-0.25, -0.2) is 8.78 Å². The van der Waals surface area contributed by atoms with E-state index in [-0.39, 0.29) is 11.7 Å². The lowest BCUT2D eigenvalue weighted by molar-refractivity contribution is 0.202. The van der Waals surface area contributed by atoms with Gasteiger partial charge in [-0.05, 0) is 31.7 Å². The molecule has 1 saturated carbocycles. The lowest BCUT2D eigenvalue weighted by Gasteiger charge is -2.32. The smallest absolute Gasteiger partial charge is 0.151 e. The molecular formula is C14H20F2N2O. The molecule has 0 radical (unpaired) electrons. The highest BCUT2D eigenvalue weighted by Gasteiger charge is 2.33. The Morgan fingerprint density at radius 1 is 1.42 bits per heavy atom. The van der Waals surface area contributed by atoms with Crippen LogP contribution in [0.5, 0.6) is 0 Å². The summed E-state index contributed by atoms with van der Waals surface area (Å²) >= 11 is 0. The average molecular weight is 270 g/mol. The van der Waals surface area contributed by atoms with Crippen LogP contribution in [-0.4, -0.2) is 26.3 Å². The number of nitrogens with two attached hydrogens (primary N) is 1. The van der Waals surface area contributed by atoms with E-state index in [0.29, 0.717) is 24.8 Å². The minimum atomic E-state index is -0.708. The van der Waals surface area contributed by atoms with Gasteiger partial charge in [0.05, 0.1) is 18.0 Å². The van der Waals surface area contributed by atoms with E-state index in [0.717, 1.165) is 18.9 Å². The molecule has 5 heteroatoms. The second-order valence-corrected chi connectivity index (χ2v) is 5.08. The Bertz CT molecular complexity index is 449. The maximum absolute atomic E-state index is 13.6. The molecule has 106 valence electrons. The summed E-state index contributed by atoms with van der Waals surface area (Å²) in [5.41, 5.74) is 6.19. The predicted molar refractivity (Wildman–Crippen MR) is 72.2 cm³/mol. The quantitative estimate of drug-likeness (QED) is 0.808. The number of benzene rings is 1. The van der Waals surface area contributed by atoms with Crippen molar-refractivity contribution in [3.8, 4) is 0 Å². The summed E-state index contributed by atoms with van der Waals surface area (Å²) in [7, 11) is 1.61. The summed E-state index contributed by atoms with van der Waals surface area (Å²) in [6.07, 6.45) is 2.31. The Labute approximate surface area is 112 Å². The van der Waals surface area contributed by atoms with Gasteiger partial charge in [0.25, 0.3) is 0 Å². The second kappa shape index (κ2) is 5.74. The van der Waals surface area contributed by atoms with Crippen LogP contribution in [0, 0.1) is 17.6 Å². The first kappa shape index (κ1) is 14.1. The van der Waals surface area contributed by atoms with Gasteiger partial charge in [0.15, 0.2) is 5.82 Å². The summed E-state index contributed by atoms with van der Waals surface area (Å²) in [5, 5.41) is 0. The van der Waals surface area contributed by atoms with Crippen LogP contribution in [0.1, 0.15) is 19.8 Å². The summed E-state index contributed by atoms with van der Waals surface area (Å²) in [4.78, 5) is 1.95. The molecule has 1 atom stereocenters. The van der Waals surface area contributed by atoms with E-state index < -0.39 is 11.6 Å². The number of nitrogens with zero attached hydrogens (tertiary/aromatic N) is 1. The maximum Gasteiger partial charge on any atom is 0.151 e. The van der Waals surface area contributed by atoms with Crippen molar-refractivity contribution in [3.05, 3.63) is 23.8 Å². The number of methoxy groups -OCH3 is 1. The molecule has 0 amide bonds. The number of anilines is 2. The van der Waals surface area contributed by atoms with Crippen molar-refractivity contribution in [2.45, 2.75) is 25.8 Å². The van der Waals surface area contributed by atoms with Gasteiger partial charge in [-0.1, -0.05) is 0 Å². The maximum atomic E-state index is 13.6. The van der Waals surface area contributed by atoms with Gasteiger partial charge in [-0.3, -0.25) is 0 Å². The highest BCUT2D eigenvalue weighted by molar-refractivity contribution is 5.68. The molecule has 1 aromatic carbocycles. The van der Waals surface area contributed by atoms with E-state index in [1.165, 1.54) is 6.07 Å². The Morgan fingerprint density at radius 2 is 2.11 bits per heavy atom. The van der Waals surface area contributed by atoms with Gasteiger partial charge in [0.2, 0.25) is 0 Å². The summed E-state index contributed by atoms with van der Waals surface area (Å²) in [5.74, 6) is -0.741. The van der Waals surface area contributed by atoms with E-state index in [2.05, 4.69) is 6.92 Å². The third-order valence-corrected chi connectivity index (χ3v) is 3.71. The lowest BCUT2D eigenvalue weighted by Crippen LogP contribution is -2.38. The Hall–Kier alpha value is -1.36. The molecule has 2 rings (SSSR count). The van der Waals surface area contributed by atoms with E-state index in [4.69, 9.17) is 10.5 Å². The van der Waals surface area contributed by atoms with Crippen LogP contribution in [0.2, 0.25) is 0 Å². The number of ether oxygens (including phenoxy) is 1. The molecule has 3 nitrogen and oxygen atoms in total. The normalized spacial score (nSPS) is 16.4. The van der Waals surface area contributed by atoms with Crippen LogP contribution in [0.3, 0.4) is 0 Å². The van der Waals surface area contributed by atoms with Crippen LogP contribution in [0.15, 0.2) is 12.1 Å². The minimum Gasteiger partial charge on any atom is -0.395 e. The highest BCUT2D eigenvalue weighted by atomic mass is 19.1. The fourth-order valence-corrected chi connectivity index (χ4v) is 2.38. The van der Waals surface area contributed by atoms with Crippen molar-refractivity contribution >= 4 is 11.4 Å². The fourth-order valence-electron chi connectivity index (χ4n) is 2.38. The molecule has 0 saturated heterocycles. The number of hydrogen-bond acceptors (Lipinski definition) is 3. The van der Waals surface area contributed by atoms with Gasteiger partial charge >= 0.3 is 0 Å². The predicted octanol–water partition coefficient (Wildman–Crippen LogP) is 2.80. The molecular weight excluding hydrogens is 250 g/mol. The lowest BCUT2D eigenvalue weighted by atomic mass is 10.1. The summed E-state index contributed by atoms with van der Waals surface area (Å²) in [6.45, 7) is 3.13. The number of nitrogen functional groups attached to an aromatic ring is 1. The zero-order valence-corrected chi connectivity index (χ0v) is 11.3. The molecule has 0 spiro atoms. The summed E-state index contributed by atoms with van der Waals surface area (Å²) < 4.78 is 32.1. The molecule has 0 bridgehead atoms. The SMILES string of the molecule is COCCN(c1cc(F)cc(F)c1N)C(C)C1CC1. The van der Waals surface area contributed by atoms with Crippen LogP contribution in [-0.2, 0) is 4.74 Å². The number of halogens is 2. The highest BCUT2D eigenvalue weighted by Crippen LogP contribution is 2.38. The molecule has 1 aliphatic carbocycles. The first-order chi connectivity index (χ1) is 9.04. The molecule has 1 aliphatic rings. The van der Waals surface area contributed by atoms with E-state index in [1.807, 2.05) is 4.90 Å². The van der Waals surface area contributed by atoms with Crippen molar-refractivity contribution in [1.29, 1.82) is 0 Å². The summed E-state index contributed by atoms with van der Waals surface area (Å²) in [6, 6.07) is 2.32. The number of hydrogen-bond donors (Lipinski definition) is 1. The molecule has 2 N–H and O–H groups in total. The monoisotopic (exact) mass is 270 g/mol. The molecule has 19 heavy (non-hydrogen) atoms. The van der Waals surface area contributed by atoms with Crippen molar-refractivity contribution in [2.75, 3.05) is 30.9 Å². The fraction of sp³-hybridized carbons (Fsp3) is 0.571. The van der Waals surface area contributed by atoms with Crippen LogP contribution in [0.4, 0.5) is 20.2 Å². The zero-order valence-electron chi connectivity index (χ0n) is 11.3. The molecule has 1 unspecified atom stereocenters. The van der Waals surface area contributed by atoms with Crippen LogP contribution >= 0.6 is 0 Å². The zero-order chi connectivity index (χ0) is 14.0. The standard InChI is InChI=1S/C14H20F2N2O/c1-9(10-3-4-10)18(5-6-19-2)13-8-11(15)7-12(16)14(13)17/h7-10H,3-6,17H2,1-2H3. The average Bonchev–Trinajstić information content (AvgIpc) is 3.19. The van der Waals surface area contributed by atoms with Crippen molar-refractivity contribution in [3.63, 3.8) is 0 Å². The van der Waals surface area contributed by atoms with Gasteiger partial charge in [0.1, 0.15) is 5.82 Å². The second-order valence-electron chi connectivity index (χ2n) is 5.08. The Balaban J connectivity index is 2.30. The van der Waals surface area contributed by atoms with Crippen molar-refractivity contribution in [1.82, 2.24) is 0 Å². The first-order valence-electron chi connectivity index (χ1n) is 6.54. The van der Waals surface area contributed by atoms with E-state index >= 15 is 0 Å². The van der Waals surface area contributed by atoms with E-state index in [1.54, 1.807) is 7.11 Å². The van der Waals surface area contributed by atoms with E-state index in [9.17, 15) is 8.78 Å². The molecule has 0 aromatic heterocycles. The van der Waals surface area contributed by atoms with Crippen molar-refractivity contribution in [2.24, 2.45) is 5.92 Å².